The molecule has 0 aromatic carbocycles. The molecule has 0 unspecified atom stereocenters. The molecular formula is C15H26N4O6S. The Balaban J connectivity index is 4.80. The highest BCUT2D eigenvalue weighted by Gasteiger charge is 2.25. The van der Waals surface area contributed by atoms with Crippen LogP contribution in [0.1, 0.15) is 32.1 Å². The van der Waals surface area contributed by atoms with Crippen molar-refractivity contribution in [2.75, 3.05) is 12.0 Å². The number of aliphatic carboxylic acids is 1. The summed E-state index contributed by atoms with van der Waals surface area (Å²) in [6.45, 7) is 0. The summed E-state index contributed by atoms with van der Waals surface area (Å²) in [6.07, 6.45) is 2.25. The molecule has 0 aliphatic heterocycles. The van der Waals surface area contributed by atoms with Gasteiger partial charge in [0.25, 0.3) is 0 Å². The van der Waals surface area contributed by atoms with Gasteiger partial charge in [-0.3, -0.25) is 19.2 Å². The fraction of sp³-hybridized carbons (Fsp3) is 0.667. The molecule has 26 heavy (non-hydrogen) atoms. The zero-order valence-corrected chi connectivity index (χ0v) is 15.4. The van der Waals surface area contributed by atoms with E-state index in [0.29, 0.717) is 18.5 Å². The first kappa shape index (κ1) is 23.9. The van der Waals surface area contributed by atoms with E-state index in [1.807, 2.05) is 6.26 Å². The molecule has 0 saturated carbocycles. The van der Waals surface area contributed by atoms with Crippen LogP contribution < -0.4 is 22.1 Å². The first-order chi connectivity index (χ1) is 12.2. The van der Waals surface area contributed by atoms with Gasteiger partial charge in [-0.1, -0.05) is 0 Å². The standard InChI is InChI=1S/C15H26N4O6S/c1-26-7-6-11(19-14(24)10(16)3-4-12(17)21)15(25)18-9(8-20)2-5-13(22)23/h8-11H,2-7,16H2,1H3,(H2,17,21)(H,18,25)(H,19,24)(H,22,23)/t9-,10-,11-/m0/s1. The van der Waals surface area contributed by atoms with Crippen molar-refractivity contribution in [1.29, 1.82) is 0 Å². The number of hydrogen-bond acceptors (Lipinski definition) is 7. The molecule has 3 amide bonds. The number of carbonyl (C=O) groups excluding carboxylic acids is 4. The third-order valence-corrected chi connectivity index (χ3v) is 4.09. The molecule has 0 rings (SSSR count). The molecule has 0 aromatic rings. The minimum Gasteiger partial charge on any atom is -0.481 e. The summed E-state index contributed by atoms with van der Waals surface area (Å²) in [6, 6.07) is -2.89. The predicted molar refractivity (Wildman–Crippen MR) is 96.2 cm³/mol. The van der Waals surface area contributed by atoms with Gasteiger partial charge in [-0.15, -0.1) is 0 Å². The zero-order valence-electron chi connectivity index (χ0n) is 14.6. The molecule has 7 N–H and O–H groups in total. The number of nitrogens with one attached hydrogen (secondary N) is 2. The Bertz CT molecular complexity index is 516. The van der Waals surface area contributed by atoms with E-state index >= 15 is 0 Å². The normalized spacial score (nSPS) is 13.9. The molecular weight excluding hydrogens is 364 g/mol. The van der Waals surface area contributed by atoms with E-state index < -0.39 is 41.8 Å². The topological polar surface area (TPSA) is 182 Å². The summed E-state index contributed by atoms with van der Waals surface area (Å²) >= 11 is 1.46. The number of carboxylic acids is 1. The van der Waals surface area contributed by atoms with E-state index in [9.17, 15) is 24.0 Å². The van der Waals surface area contributed by atoms with Crippen LogP contribution in [0, 0.1) is 0 Å². The van der Waals surface area contributed by atoms with Gasteiger partial charge in [0.15, 0.2) is 0 Å². The smallest absolute Gasteiger partial charge is 0.303 e. The molecule has 0 heterocycles. The number of rotatable bonds is 14. The fourth-order valence-corrected chi connectivity index (χ4v) is 2.42. The number of carboxylic acid groups (broad SMARTS) is 1. The lowest BCUT2D eigenvalue weighted by atomic mass is 10.1. The van der Waals surface area contributed by atoms with Gasteiger partial charge in [-0.05, 0) is 31.3 Å². The van der Waals surface area contributed by atoms with Crippen molar-refractivity contribution in [3.05, 3.63) is 0 Å². The second-order valence-electron chi connectivity index (χ2n) is 5.64. The molecule has 0 saturated heterocycles. The maximum Gasteiger partial charge on any atom is 0.303 e. The van der Waals surface area contributed by atoms with Crippen molar-refractivity contribution in [3.8, 4) is 0 Å². The Morgan fingerprint density at radius 2 is 1.73 bits per heavy atom. The second kappa shape index (κ2) is 13.1. The van der Waals surface area contributed by atoms with Gasteiger partial charge in [-0.25, -0.2) is 0 Å². The molecule has 0 aliphatic carbocycles. The van der Waals surface area contributed by atoms with Crippen molar-refractivity contribution >= 4 is 41.7 Å². The van der Waals surface area contributed by atoms with E-state index in [1.165, 1.54) is 11.8 Å². The van der Waals surface area contributed by atoms with Gasteiger partial charge >= 0.3 is 5.97 Å². The maximum absolute atomic E-state index is 12.3. The van der Waals surface area contributed by atoms with Gasteiger partial charge in [0.1, 0.15) is 12.3 Å². The number of carbonyl (C=O) groups is 5. The first-order valence-electron chi connectivity index (χ1n) is 8.01. The largest absolute Gasteiger partial charge is 0.481 e. The molecule has 148 valence electrons. The van der Waals surface area contributed by atoms with Crippen LogP contribution in [0.25, 0.3) is 0 Å². The summed E-state index contributed by atoms with van der Waals surface area (Å²) in [5, 5.41) is 13.6. The highest BCUT2D eigenvalue weighted by atomic mass is 32.2. The van der Waals surface area contributed by atoms with E-state index in [-0.39, 0.29) is 25.7 Å². The molecule has 0 fully saturated rings. The fourth-order valence-electron chi connectivity index (χ4n) is 1.95. The van der Waals surface area contributed by atoms with Crippen molar-refractivity contribution in [1.82, 2.24) is 10.6 Å². The maximum atomic E-state index is 12.3. The molecule has 11 heteroatoms. The van der Waals surface area contributed by atoms with E-state index in [4.69, 9.17) is 16.6 Å². The quantitative estimate of drug-likeness (QED) is 0.219. The number of nitrogens with two attached hydrogens (primary N) is 2. The van der Waals surface area contributed by atoms with Crippen LogP contribution in [0.15, 0.2) is 0 Å². The Morgan fingerprint density at radius 1 is 1.08 bits per heavy atom. The predicted octanol–water partition coefficient (Wildman–Crippen LogP) is -1.63. The van der Waals surface area contributed by atoms with Crippen LogP contribution >= 0.6 is 11.8 Å². The molecule has 10 nitrogen and oxygen atoms in total. The van der Waals surface area contributed by atoms with E-state index in [0.717, 1.165) is 0 Å². The number of amides is 3. The van der Waals surface area contributed by atoms with Gasteiger partial charge in [0.05, 0.1) is 12.1 Å². The molecule has 0 aliphatic rings. The Labute approximate surface area is 155 Å². The van der Waals surface area contributed by atoms with Gasteiger partial charge in [0.2, 0.25) is 17.7 Å². The third-order valence-electron chi connectivity index (χ3n) is 3.44. The number of aldehydes is 1. The second-order valence-corrected chi connectivity index (χ2v) is 6.62. The Kier molecular flexibility index (Phi) is 12.0. The average Bonchev–Trinajstić information content (AvgIpc) is 2.59. The summed E-state index contributed by atoms with van der Waals surface area (Å²) in [5.41, 5.74) is 10.7. The molecule has 0 radical (unpaired) electrons. The highest BCUT2D eigenvalue weighted by Crippen LogP contribution is 2.04. The van der Waals surface area contributed by atoms with Crippen LogP contribution in [-0.4, -0.2) is 65.2 Å². The van der Waals surface area contributed by atoms with Crippen LogP contribution in [0.3, 0.4) is 0 Å². The molecule has 0 spiro atoms. The van der Waals surface area contributed by atoms with Crippen LogP contribution in [-0.2, 0) is 24.0 Å². The zero-order chi connectivity index (χ0) is 20.1. The minimum atomic E-state index is -1.08. The number of primary amides is 1. The lowest BCUT2D eigenvalue weighted by molar-refractivity contribution is -0.137. The summed E-state index contributed by atoms with van der Waals surface area (Å²) in [4.78, 5) is 56.7. The van der Waals surface area contributed by atoms with Crippen molar-refractivity contribution in [3.63, 3.8) is 0 Å². The molecule has 0 bridgehead atoms. The van der Waals surface area contributed by atoms with Crippen molar-refractivity contribution in [2.24, 2.45) is 11.5 Å². The van der Waals surface area contributed by atoms with E-state index in [1.54, 1.807) is 0 Å². The number of thioether (sulfide) groups is 1. The third kappa shape index (κ3) is 10.7. The number of hydrogen-bond donors (Lipinski definition) is 5. The Hall–Kier alpha value is -2.14. The molecule has 3 atom stereocenters. The van der Waals surface area contributed by atoms with Crippen molar-refractivity contribution < 1.29 is 29.1 Å². The average molecular weight is 390 g/mol. The van der Waals surface area contributed by atoms with Gasteiger partial charge in [-0.2, -0.15) is 11.8 Å². The van der Waals surface area contributed by atoms with E-state index in [2.05, 4.69) is 10.6 Å². The monoisotopic (exact) mass is 390 g/mol. The summed E-state index contributed by atoms with van der Waals surface area (Å²) in [5.74, 6) is -2.32. The summed E-state index contributed by atoms with van der Waals surface area (Å²) in [7, 11) is 0. The molecule has 0 aromatic heterocycles. The van der Waals surface area contributed by atoms with Crippen molar-refractivity contribution in [2.45, 2.75) is 50.2 Å². The Morgan fingerprint density at radius 3 is 2.23 bits per heavy atom. The van der Waals surface area contributed by atoms with Gasteiger partial charge < -0.3 is 32.0 Å². The SMILES string of the molecule is CSCC[C@H](NC(=O)[C@@H](N)CCC(N)=O)C(=O)N[C@H](C=O)CCC(=O)O. The van der Waals surface area contributed by atoms with Crippen LogP contribution in [0.5, 0.6) is 0 Å². The minimum absolute atomic E-state index is 0.0492. The first-order valence-corrected chi connectivity index (χ1v) is 9.41. The highest BCUT2D eigenvalue weighted by molar-refractivity contribution is 7.98. The van der Waals surface area contributed by atoms with Gasteiger partial charge in [0, 0.05) is 12.8 Å². The lowest BCUT2D eigenvalue weighted by Crippen LogP contribution is -2.53. The summed E-state index contributed by atoms with van der Waals surface area (Å²) < 4.78 is 0. The van der Waals surface area contributed by atoms with Crippen LogP contribution in [0.2, 0.25) is 0 Å². The lowest BCUT2D eigenvalue weighted by Gasteiger charge is -2.22. The van der Waals surface area contributed by atoms with Crippen LogP contribution in [0.4, 0.5) is 0 Å².